The zero-order valence-electron chi connectivity index (χ0n) is 12.9. The average molecular weight is 328 g/mol. The SMILES string of the molecule is CC1CC(C)N(C[C@H](O)Cc2cccc(S(N)(=O)=O)c2O)C1. The molecule has 1 aliphatic heterocycles. The zero-order valence-corrected chi connectivity index (χ0v) is 13.8. The number of nitrogens with zero attached hydrogens (tertiary/aromatic N) is 1. The maximum absolute atomic E-state index is 11.4. The minimum Gasteiger partial charge on any atom is -0.506 e. The Kier molecular flexibility index (Phi) is 5.11. The van der Waals surface area contributed by atoms with E-state index in [1.165, 1.54) is 12.1 Å². The van der Waals surface area contributed by atoms with Gasteiger partial charge in [-0.15, -0.1) is 0 Å². The number of rotatable bonds is 5. The van der Waals surface area contributed by atoms with E-state index in [1.807, 2.05) is 0 Å². The Morgan fingerprint density at radius 3 is 2.64 bits per heavy atom. The van der Waals surface area contributed by atoms with Crippen LogP contribution in [0.5, 0.6) is 5.75 Å². The number of aliphatic hydroxyl groups excluding tert-OH is 1. The quantitative estimate of drug-likeness (QED) is 0.737. The molecule has 0 bridgehead atoms. The Hall–Kier alpha value is -1.15. The lowest BCUT2D eigenvalue weighted by Gasteiger charge is -2.24. The van der Waals surface area contributed by atoms with Crippen molar-refractivity contribution in [1.82, 2.24) is 4.90 Å². The number of aliphatic hydroxyl groups is 1. The fourth-order valence-corrected chi connectivity index (χ4v) is 3.86. The van der Waals surface area contributed by atoms with E-state index in [0.717, 1.165) is 13.0 Å². The summed E-state index contributed by atoms with van der Waals surface area (Å²) in [5.74, 6) is 0.244. The van der Waals surface area contributed by atoms with Crippen LogP contribution in [0.3, 0.4) is 0 Å². The summed E-state index contributed by atoms with van der Waals surface area (Å²) >= 11 is 0. The van der Waals surface area contributed by atoms with Crippen LogP contribution < -0.4 is 5.14 Å². The van der Waals surface area contributed by atoms with Crippen LogP contribution in [0.1, 0.15) is 25.8 Å². The van der Waals surface area contributed by atoms with Gasteiger partial charge in [-0.1, -0.05) is 19.1 Å². The number of sulfonamides is 1. The van der Waals surface area contributed by atoms with Crippen LogP contribution in [0.15, 0.2) is 23.1 Å². The summed E-state index contributed by atoms with van der Waals surface area (Å²) in [5.41, 5.74) is 0.388. The van der Waals surface area contributed by atoms with Crippen molar-refractivity contribution in [2.45, 2.75) is 43.7 Å². The summed E-state index contributed by atoms with van der Waals surface area (Å²) in [7, 11) is -3.97. The molecule has 1 heterocycles. The summed E-state index contributed by atoms with van der Waals surface area (Å²) in [6.07, 6.45) is 0.625. The van der Waals surface area contributed by atoms with Gasteiger partial charge in [-0.2, -0.15) is 0 Å². The van der Waals surface area contributed by atoms with E-state index in [9.17, 15) is 18.6 Å². The molecule has 0 aromatic heterocycles. The van der Waals surface area contributed by atoms with E-state index in [1.54, 1.807) is 6.07 Å². The molecule has 22 heavy (non-hydrogen) atoms. The number of hydrogen-bond donors (Lipinski definition) is 3. The van der Waals surface area contributed by atoms with Crippen molar-refractivity contribution in [1.29, 1.82) is 0 Å². The van der Waals surface area contributed by atoms with Crippen molar-refractivity contribution in [2.75, 3.05) is 13.1 Å². The third-order valence-corrected chi connectivity index (χ3v) is 5.15. The van der Waals surface area contributed by atoms with Crippen molar-refractivity contribution in [3.05, 3.63) is 23.8 Å². The fraction of sp³-hybridized carbons (Fsp3) is 0.600. The highest BCUT2D eigenvalue weighted by Crippen LogP contribution is 2.28. The van der Waals surface area contributed by atoms with Gasteiger partial charge >= 0.3 is 0 Å². The molecular weight excluding hydrogens is 304 g/mol. The average Bonchev–Trinajstić information content (AvgIpc) is 2.69. The summed E-state index contributed by atoms with van der Waals surface area (Å²) < 4.78 is 22.8. The molecule has 0 amide bonds. The van der Waals surface area contributed by atoms with Crippen LogP contribution in [0.25, 0.3) is 0 Å². The third-order valence-electron chi connectivity index (χ3n) is 4.20. The topological polar surface area (TPSA) is 104 Å². The van der Waals surface area contributed by atoms with Crippen LogP contribution in [-0.4, -0.2) is 48.8 Å². The lowest BCUT2D eigenvalue weighted by atomic mass is 10.1. The van der Waals surface area contributed by atoms with E-state index in [-0.39, 0.29) is 17.1 Å². The van der Waals surface area contributed by atoms with Crippen LogP contribution in [0, 0.1) is 5.92 Å². The Labute approximate surface area is 131 Å². The van der Waals surface area contributed by atoms with Crippen molar-refractivity contribution >= 4 is 10.0 Å². The van der Waals surface area contributed by atoms with Crippen LogP contribution >= 0.6 is 0 Å². The summed E-state index contributed by atoms with van der Waals surface area (Å²) in [6, 6.07) is 4.80. The van der Waals surface area contributed by atoms with Gasteiger partial charge < -0.3 is 10.2 Å². The van der Waals surface area contributed by atoms with Crippen molar-refractivity contribution in [2.24, 2.45) is 11.1 Å². The maximum atomic E-state index is 11.4. The van der Waals surface area contributed by atoms with Crippen LogP contribution in [0.2, 0.25) is 0 Å². The minimum atomic E-state index is -3.97. The molecule has 1 aliphatic rings. The first kappa shape index (κ1) is 17.2. The van der Waals surface area contributed by atoms with Crippen molar-refractivity contribution < 1.29 is 18.6 Å². The predicted molar refractivity (Wildman–Crippen MR) is 84.0 cm³/mol. The molecule has 1 aromatic carbocycles. The fourth-order valence-electron chi connectivity index (χ4n) is 3.19. The van der Waals surface area contributed by atoms with Gasteiger partial charge in [-0.25, -0.2) is 13.6 Å². The van der Waals surface area contributed by atoms with E-state index in [0.29, 0.717) is 24.1 Å². The molecule has 1 aromatic rings. The molecular formula is C15H24N2O4S. The molecule has 7 heteroatoms. The number of phenolic OH excluding ortho intramolecular Hbond substituents is 1. The first-order valence-electron chi connectivity index (χ1n) is 7.44. The lowest BCUT2D eigenvalue weighted by Crippen LogP contribution is -2.36. The van der Waals surface area contributed by atoms with Crippen molar-refractivity contribution in [3.8, 4) is 5.75 Å². The largest absolute Gasteiger partial charge is 0.506 e. The van der Waals surface area contributed by atoms with Gasteiger partial charge in [0.2, 0.25) is 10.0 Å². The van der Waals surface area contributed by atoms with E-state index in [4.69, 9.17) is 5.14 Å². The zero-order chi connectivity index (χ0) is 16.5. The third kappa shape index (κ3) is 3.98. The molecule has 3 atom stereocenters. The highest BCUT2D eigenvalue weighted by molar-refractivity contribution is 7.89. The number of β-amino-alcohol motifs (C(OH)–C–C–N with tert-alkyl or cyclic N) is 1. The van der Waals surface area contributed by atoms with Gasteiger partial charge in [0, 0.05) is 25.6 Å². The Bertz CT molecular complexity index is 632. The molecule has 0 spiro atoms. The first-order valence-corrected chi connectivity index (χ1v) is 8.99. The number of nitrogens with two attached hydrogens (primary N) is 1. The number of aromatic hydroxyl groups is 1. The monoisotopic (exact) mass is 328 g/mol. The molecule has 0 radical (unpaired) electrons. The minimum absolute atomic E-state index is 0.187. The first-order chi connectivity index (χ1) is 10.2. The van der Waals surface area contributed by atoms with Gasteiger partial charge in [0.25, 0.3) is 0 Å². The molecule has 0 aliphatic carbocycles. The number of phenols is 1. The van der Waals surface area contributed by atoms with Gasteiger partial charge in [0.15, 0.2) is 0 Å². The molecule has 1 saturated heterocycles. The normalized spacial score (nSPS) is 24.5. The Morgan fingerprint density at radius 2 is 2.09 bits per heavy atom. The van der Waals surface area contributed by atoms with Gasteiger partial charge in [0.1, 0.15) is 10.6 Å². The van der Waals surface area contributed by atoms with E-state index >= 15 is 0 Å². The highest BCUT2D eigenvalue weighted by atomic mass is 32.2. The molecule has 0 saturated carbocycles. The lowest BCUT2D eigenvalue weighted by molar-refractivity contribution is 0.108. The molecule has 6 nitrogen and oxygen atoms in total. The second-order valence-corrected chi connectivity index (χ2v) is 7.84. The number of likely N-dealkylation sites (tertiary alicyclic amines) is 1. The van der Waals surface area contributed by atoms with E-state index in [2.05, 4.69) is 18.7 Å². The second-order valence-electron chi connectivity index (χ2n) is 6.31. The number of hydrogen-bond acceptors (Lipinski definition) is 5. The summed E-state index contributed by atoms with van der Waals surface area (Å²) in [6.45, 7) is 5.77. The number of primary sulfonamides is 1. The van der Waals surface area contributed by atoms with Gasteiger partial charge in [-0.3, -0.25) is 4.90 Å². The molecule has 4 N–H and O–H groups in total. The van der Waals surface area contributed by atoms with Gasteiger partial charge in [0.05, 0.1) is 6.10 Å². The Balaban J connectivity index is 2.08. The molecule has 2 rings (SSSR count). The van der Waals surface area contributed by atoms with Crippen LogP contribution in [-0.2, 0) is 16.4 Å². The smallest absolute Gasteiger partial charge is 0.241 e. The van der Waals surface area contributed by atoms with Crippen molar-refractivity contribution in [3.63, 3.8) is 0 Å². The summed E-state index contributed by atoms with van der Waals surface area (Å²) in [4.78, 5) is 1.91. The maximum Gasteiger partial charge on any atom is 0.241 e. The number of para-hydroxylation sites is 1. The predicted octanol–water partition coefficient (Wildman–Crippen LogP) is 0.673. The highest BCUT2D eigenvalue weighted by Gasteiger charge is 2.28. The molecule has 2 unspecified atom stereocenters. The second kappa shape index (κ2) is 6.54. The number of benzene rings is 1. The van der Waals surface area contributed by atoms with Gasteiger partial charge in [-0.05, 0) is 30.9 Å². The molecule has 1 fully saturated rings. The standard InChI is InChI=1S/C15H24N2O4S/c1-10-6-11(2)17(8-10)9-13(18)7-12-4-3-5-14(15(12)19)22(16,20)21/h3-5,10-11,13,18-19H,6-9H2,1-2H3,(H2,16,20,21)/t10?,11?,13-/m1/s1. The van der Waals surface area contributed by atoms with E-state index < -0.39 is 16.1 Å². The molecule has 124 valence electrons. The Morgan fingerprint density at radius 1 is 1.41 bits per heavy atom. The summed E-state index contributed by atoms with van der Waals surface area (Å²) in [5, 5.41) is 25.4. The van der Waals surface area contributed by atoms with Crippen LogP contribution in [0.4, 0.5) is 0 Å².